The van der Waals surface area contributed by atoms with Gasteiger partial charge in [-0.3, -0.25) is 14.5 Å². The molecule has 222 valence electrons. The number of thiophene rings is 1. The summed E-state index contributed by atoms with van der Waals surface area (Å²) in [6.07, 6.45) is 0.510. The predicted octanol–water partition coefficient (Wildman–Crippen LogP) is 3.93. The Hall–Kier alpha value is -3.93. The zero-order valence-electron chi connectivity index (χ0n) is 24.2. The summed E-state index contributed by atoms with van der Waals surface area (Å²) >= 11 is 1.58. The Balaban J connectivity index is 1.43. The van der Waals surface area contributed by atoms with Crippen molar-refractivity contribution >= 4 is 28.9 Å². The fourth-order valence-corrected chi connectivity index (χ4v) is 5.89. The first kappa shape index (κ1) is 29.6. The number of benzene rings is 2. The molecule has 1 atom stereocenters. The van der Waals surface area contributed by atoms with Gasteiger partial charge >= 0.3 is 0 Å². The number of carbonyl (C=O) groups excluding carboxylic acids is 2. The van der Waals surface area contributed by atoms with E-state index < -0.39 is 6.04 Å². The molecule has 10 nitrogen and oxygen atoms in total. The Morgan fingerprint density at radius 1 is 1.00 bits per heavy atom. The minimum atomic E-state index is -0.420. The molecule has 1 aromatic heterocycles. The van der Waals surface area contributed by atoms with E-state index in [1.54, 1.807) is 61.8 Å². The van der Waals surface area contributed by atoms with Crippen LogP contribution in [0.4, 0.5) is 0 Å². The van der Waals surface area contributed by atoms with E-state index in [1.807, 2.05) is 35.7 Å². The summed E-state index contributed by atoms with van der Waals surface area (Å²) in [6, 6.07) is 16.0. The van der Waals surface area contributed by atoms with E-state index in [1.165, 1.54) is 5.01 Å². The molecule has 1 unspecified atom stereocenters. The topological polar surface area (TPSA) is 93.1 Å². The third-order valence-corrected chi connectivity index (χ3v) is 8.43. The molecule has 0 aliphatic carbocycles. The molecule has 5 rings (SSSR count). The highest BCUT2D eigenvalue weighted by molar-refractivity contribution is 7.12. The first-order valence-corrected chi connectivity index (χ1v) is 14.8. The number of ether oxygens (including phenoxy) is 4. The van der Waals surface area contributed by atoms with Crippen molar-refractivity contribution in [1.29, 1.82) is 0 Å². The molecule has 11 heteroatoms. The highest BCUT2D eigenvalue weighted by Gasteiger charge is 2.36. The number of rotatable bonds is 11. The molecule has 1 fully saturated rings. The van der Waals surface area contributed by atoms with Crippen LogP contribution in [0.2, 0.25) is 0 Å². The molecule has 0 bridgehead atoms. The van der Waals surface area contributed by atoms with E-state index >= 15 is 0 Å². The summed E-state index contributed by atoms with van der Waals surface area (Å²) in [6.45, 7) is 3.79. The van der Waals surface area contributed by atoms with Crippen molar-refractivity contribution in [3.05, 3.63) is 76.0 Å². The van der Waals surface area contributed by atoms with Gasteiger partial charge in [0.1, 0.15) is 23.8 Å². The maximum atomic E-state index is 14.1. The van der Waals surface area contributed by atoms with Crippen molar-refractivity contribution in [1.82, 2.24) is 14.8 Å². The van der Waals surface area contributed by atoms with E-state index in [4.69, 9.17) is 24.0 Å². The van der Waals surface area contributed by atoms with Gasteiger partial charge in [-0.2, -0.15) is 5.10 Å². The van der Waals surface area contributed by atoms with Crippen LogP contribution in [0.5, 0.6) is 17.2 Å². The van der Waals surface area contributed by atoms with Crippen molar-refractivity contribution in [2.45, 2.75) is 12.5 Å². The lowest BCUT2D eigenvalue weighted by Gasteiger charge is -2.31. The van der Waals surface area contributed by atoms with Crippen LogP contribution in [0.3, 0.4) is 0 Å². The van der Waals surface area contributed by atoms with Gasteiger partial charge in [0.2, 0.25) is 0 Å². The Labute approximate surface area is 250 Å². The smallest absolute Gasteiger partial charge is 0.262 e. The summed E-state index contributed by atoms with van der Waals surface area (Å²) < 4.78 is 21.9. The van der Waals surface area contributed by atoms with Crippen LogP contribution in [-0.4, -0.2) is 99.6 Å². The summed E-state index contributed by atoms with van der Waals surface area (Å²) in [5, 5.41) is 8.31. The van der Waals surface area contributed by atoms with Gasteiger partial charge in [0, 0.05) is 43.7 Å². The first-order chi connectivity index (χ1) is 20.5. The average molecular weight is 593 g/mol. The molecule has 0 saturated carbocycles. The molecule has 2 aliphatic rings. The van der Waals surface area contributed by atoms with Crippen molar-refractivity contribution in [3.8, 4) is 17.2 Å². The van der Waals surface area contributed by atoms with Crippen molar-refractivity contribution < 1.29 is 28.5 Å². The molecule has 0 radical (unpaired) electrons. The van der Waals surface area contributed by atoms with E-state index in [0.717, 1.165) is 29.2 Å². The normalized spacial score (nSPS) is 17.1. The van der Waals surface area contributed by atoms with Crippen molar-refractivity contribution in [2.24, 2.45) is 5.10 Å². The van der Waals surface area contributed by atoms with Gasteiger partial charge in [-0.1, -0.05) is 6.07 Å². The highest BCUT2D eigenvalue weighted by Crippen LogP contribution is 2.40. The number of amides is 2. The zero-order chi connectivity index (χ0) is 29.5. The quantitative estimate of drug-likeness (QED) is 0.333. The summed E-state index contributed by atoms with van der Waals surface area (Å²) in [4.78, 5) is 32.7. The summed E-state index contributed by atoms with van der Waals surface area (Å²) in [5.41, 5.74) is 2.09. The van der Waals surface area contributed by atoms with Crippen molar-refractivity contribution in [3.63, 3.8) is 0 Å². The first-order valence-electron chi connectivity index (χ1n) is 13.9. The van der Waals surface area contributed by atoms with E-state index in [-0.39, 0.29) is 18.4 Å². The van der Waals surface area contributed by atoms with Gasteiger partial charge in [-0.25, -0.2) is 5.01 Å². The predicted molar refractivity (Wildman–Crippen MR) is 161 cm³/mol. The molecule has 42 heavy (non-hydrogen) atoms. The monoisotopic (exact) mass is 592 g/mol. The second-order valence-corrected chi connectivity index (χ2v) is 10.9. The number of hydrogen-bond acceptors (Lipinski definition) is 9. The summed E-state index contributed by atoms with van der Waals surface area (Å²) in [5.74, 6) is 1.45. The van der Waals surface area contributed by atoms with Gasteiger partial charge in [0.25, 0.3) is 11.8 Å². The summed E-state index contributed by atoms with van der Waals surface area (Å²) in [7, 11) is 4.79. The van der Waals surface area contributed by atoms with E-state index in [9.17, 15) is 9.59 Å². The van der Waals surface area contributed by atoms with Gasteiger partial charge < -0.3 is 23.8 Å². The Kier molecular flexibility index (Phi) is 9.73. The number of morpholine rings is 1. The zero-order valence-corrected chi connectivity index (χ0v) is 25.0. The Morgan fingerprint density at radius 2 is 1.74 bits per heavy atom. The van der Waals surface area contributed by atoms with Gasteiger partial charge in [-0.15, -0.1) is 11.3 Å². The maximum absolute atomic E-state index is 14.1. The molecular weight excluding hydrogens is 556 g/mol. The Bertz CT molecular complexity index is 1390. The minimum absolute atomic E-state index is 0.126. The van der Waals surface area contributed by atoms with Crippen LogP contribution in [0, 0.1) is 0 Å². The van der Waals surface area contributed by atoms with Gasteiger partial charge in [-0.05, 0) is 53.9 Å². The van der Waals surface area contributed by atoms with E-state index in [2.05, 4.69) is 4.90 Å². The molecule has 2 aromatic carbocycles. The fraction of sp³-hybridized carbons (Fsp3) is 0.387. The molecular formula is C31H36N4O6S. The molecule has 3 aromatic rings. The SMILES string of the molecule is COc1ccc(C(=O)N(CCN2CCOCC2)CC(=O)N2N=C(c3cccs3)CC2c2cc(OC)ccc2OC)cc1. The average Bonchev–Trinajstić information content (AvgIpc) is 3.74. The third kappa shape index (κ3) is 6.75. The van der Waals surface area contributed by atoms with Gasteiger partial charge in [0.05, 0.1) is 51.2 Å². The number of carbonyl (C=O) groups is 2. The van der Waals surface area contributed by atoms with Crippen molar-refractivity contribution in [2.75, 3.05) is 67.3 Å². The highest BCUT2D eigenvalue weighted by atomic mass is 32.1. The molecule has 1 saturated heterocycles. The largest absolute Gasteiger partial charge is 0.497 e. The van der Waals surface area contributed by atoms with Crippen LogP contribution in [-0.2, 0) is 9.53 Å². The third-order valence-electron chi connectivity index (χ3n) is 7.51. The van der Waals surface area contributed by atoms with Crippen LogP contribution < -0.4 is 14.2 Å². The molecule has 2 amide bonds. The maximum Gasteiger partial charge on any atom is 0.262 e. The number of nitrogens with zero attached hydrogens (tertiary/aromatic N) is 4. The molecule has 0 spiro atoms. The lowest BCUT2D eigenvalue weighted by Crippen LogP contribution is -2.46. The van der Waals surface area contributed by atoms with Crippen LogP contribution in [0.15, 0.2) is 65.1 Å². The molecule has 3 heterocycles. The molecule has 2 aliphatic heterocycles. The minimum Gasteiger partial charge on any atom is -0.497 e. The molecule has 0 N–H and O–H groups in total. The standard InChI is InChI=1S/C31H36N4O6S/c1-38-23-8-6-22(7-9-23)31(37)34(13-12-33-14-16-41-17-15-33)21-30(36)35-27(20-26(32-35)29-5-4-18-42-29)25-19-24(39-2)10-11-28(25)40-3/h4-11,18-19,27H,12-17,20-21H2,1-3H3. The lowest BCUT2D eigenvalue weighted by molar-refractivity contribution is -0.133. The van der Waals surface area contributed by atoms with Gasteiger partial charge in [0.15, 0.2) is 0 Å². The second-order valence-electron chi connectivity index (χ2n) is 10.00. The van der Waals surface area contributed by atoms with Crippen LogP contribution in [0.25, 0.3) is 0 Å². The van der Waals surface area contributed by atoms with Crippen LogP contribution >= 0.6 is 11.3 Å². The van der Waals surface area contributed by atoms with Crippen LogP contribution in [0.1, 0.15) is 33.3 Å². The lowest BCUT2D eigenvalue weighted by atomic mass is 9.99. The number of hydrazone groups is 1. The Morgan fingerprint density at radius 3 is 2.40 bits per heavy atom. The number of hydrogen-bond donors (Lipinski definition) is 0. The number of methoxy groups -OCH3 is 3. The second kappa shape index (κ2) is 13.8. The van der Waals surface area contributed by atoms with E-state index in [0.29, 0.717) is 55.5 Å². The fourth-order valence-electron chi connectivity index (χ4n) is 5.17.